The van der Waals surface area contributed by atoms with E-state index in [4.69, 9.17) is 11.6 Å². The number of aromatic nitrogens is 1. The maximum Gasteiger partial charge on any atom is 0.271 e. The van der Waals surface area contributed by atoms with Crippen LogP contribution in [0.4, 0.5) is 0 Å². The third-order valence-electron chi connectivity index (χ3n) is 1.37. The molecule has 1 rings (SSSR count). The van der Waals surface area contributed by atoms with Gasteiger partial charge < -0.3 is 10.1 Å². The molecule has 0 spiro atoms. The van der Waals surface area contributed by atoms with Crippen molar-refractivity contribution in [1.29, 1.82) is 0 Å². The van der Waals surface area contributed by atoms with E-state index < -0.39 is 5.91 Å². The number of nitrogens with zero attached hydrogens (tertiary/aromatic N) is 1. The zero-order valence-electron chi connectivity index (χ0n) is 6.96. The molecule has 0 aliphatic rings. The Morgan fingerprint density at radius 2 is 2.43 bits per heavy atom. The topological polar surface area (TPSA) is 59.1 Å². The van der Waals surface area contributed by atoms with Gasteiger partial charge in [0, 0.05) is 10.7 Å². The van der Waals surface area contributed by atoms with E-state index in [1.807, 2.05) is 0 Å². The third-order valence-corrected chi connectivity index (χ3v) is 2.09. The zero-order valence-corrected chi connectivity index (χ0v) is 9.30. The Hall–Kier alpha value is -0.940. The minimum absolute atomic E-state index is 0.0487. The van der Waals surface area contributed by atoms with Gasteiger partial charge in [-0.2, -0.15) is 0 Å². The molecule has 0 saturated carbocycles. The van der Waals surface area contributed by atoms with E-state index in [-0.39, 0.29) is 17.3 Å². The van der Waals surface area contributed by atoms with Gasteiger partial charge in [0.25, 0.3) is 5.91 Å². The van der Waals surface area contributed by atoms with Gasteiger partial charge in [-0.25, -0.2) is 4.98 Å². The molecule has 1 aromatic rings. The molecule has 1 amide bonds. The number of carbonyl (C=O) groups excluding carboxylic acids is 2. The highest BCUT2D eigenvalue weighted by Gasteiger charge is 2.11. The van der Waals surface area contributed by atoms with Crippen LogP contribution in [-0.4, -0.2) is 23.7 Å². The quantitative estimate of drug-likeness (QED) is 0.850. The zero-order chi connectivity index (χ0) is 10.6. The largest absolute Gasteiger partial charge is 0.344 e. The molecule has 4 nitrogen and oxygen atoms in total. The van der Waals surface area contributed by atoms with E-state index >= 15 is 0 Å². The molecule has 14 heavy (non-hydrogen) atoms. The van der Waals surface area contributed by atoms with Gasteiger partial charge in [-0.05, 0) is 22.0 Å². The van der Waals surface area contributed by atoms with Crippen molar-refractivity contribution in [1.82, 2.24) is 10.3 Å². The van der Waals surface area contributed by atoms with Crippen molar-refractivity contribution in [3.63, 3.8) is 0 Å². The number of hydrogen-bond acceptors (Lipinski definition) is 3. The van der Waals surface area contributed by atoms with E-state index in [0.29, 0.717) is 10.8 Å². The minimum Gasteiger partial charge on any atom is -0.344 e. The molecule has 0 aliphatic heterocycles. The van der Waals surface area contributed by atoms with Crippen LogP contribution in [0.2, 0.25) is 5.02 Å². The van der Waals surface area contributed by atoms with Crippen molar-refractivity contribution in [2.75, 3.05) is 6.54 Å². The van der Waals surface area contributed by atoms with Gasteiger partial charge in [0.05, 0.1) is 11.6 Å². The summed E-state index contributed by atoms with van der Waals surface area (Å²) in [6, 6.07) is 1.56. The predicted octanol–water partition coefficient (Wildman–Crippen LogP) is 1.43. The fourth-order valence-corrected chi connectivity index (χ4v) is 1.51. The number of amides is 1. The highest BCUT2D eigenvalue weighted by molar-refractivity contribution is 9.10. The second-order valence-electron chi connectivity index (χ2n) is 2.36. The summed E-state index contributed by atoms with van der Waals surface area (Å²) in [5, 5.41) is 2.58. The highest BCUT2D eigenvalue weighted by Crippen LogP contribution is 2.18. The summed E-state index contributed by atoms with van der Waals surface area (Å²) in [7, 11) is 0. The van der Waals surface area contributed by atoms with Crippen molar-refractivity contribution in [3.8, 4) is 0 Å². The molecule has 1 heterocycles. The maximum atomic E-state index is 11.3. The monoisotopic (exact) mass is 276 g/mol. The number of pyridine rings is 1. The van der Waals surface area contributed by atoms with Gasteiger partial charge in [0.2, 0.25) is 0 Å². The molecule has 1 aromatic heterocycles. The molecule has 0 radical (unpaired) electrons. The minimum atomic E-state index is -0.463. The van der Waals surface area contributed by atoms with Crippen LogP contribution < -0.4 is 5.32 Å². The average Bonchev–Trinajstić information content (AvgIpc) is 2.14. The predicted molar refractivity (Wildman–Crippen MR) is 55.3 cm³/mol. The molecule has 1 N–H and O–H groups in total. The number of halogens is 2. The van der Waals surface area contributed by atoms with E-state index in [0.717, 1.165) is 0 Å². The lowest BCUT2D eigenvalue weighted by Crippen LogP contribution is -2.26. The van der Waals surface area contributed by atoms with E-state index in [1.54, 1.807) is 6.07 Å². The molecular formula is C8H6BrClN2O2. The van der Waals surface area contributed by atoms with Gasteiger partial charge in [-0.3, -0.25) is 4.79 Å². The summed E-state index contributed by atoms with van der Waals surface area (Å²) in [6.07, 6.45) is 2.05. The first-order valence-corrected chi connectivity index (χ1v) is 4.85. The normalized spacial score (nSPS) is 9.57. The molecule has 0 unspecified atom stereocenters. The average molecular weight is 278 g/mol. The summed E-state index contributed by atoms with van der Waals surface area (Å²) in [6.45, 7) is -0.0487. The van der Waals surface area contributed by atoms with E-state index in [2.05, 4.69) is 26.2 Å². The Kier molecular flexibility index (Phi) is 4.03. The fourth-order valence-electron chi connectivity index (χ4n) is 0.800. The first kappa shape index (κ1) is 11.1. The summed E-state index contributed by atoms with van der Waals surface area (Å²) in [5.74, 6) is -0.463. The van der Waals surface area contributed by atoms with Crippen LogP contribution in [0.3, 0.4) is 0 Å². The first-order chi connectivity index (χ1) is 6.65. The molecule has 0 aromatic carbocycles. The Labute approximate surface area is 93.8 Å². The molecule has 0 bridgehead atoms. The van der Waals surface area contributed by atoms with Crippen molar-refractivity contribution in [2.24, 2.45) is 0 Å². The van der Waals surface area contributed by atoms with Crippen molar-refractivity contribution in [2.45, 2.75) is 0 Å². The number of hydrogen-bond donors (Lipinski definition) is 1. The van der Waals surface area contributed by atoms with E-state index in [1.165, 1.54) is 6.20 Å². The molecule has 0 aliphatic carbocycles. The Balaban J connectivity index is 2.84. The Morgan fingerprint density at radius 3 is 3.00 bits per heavy atom. The number of rotatable bonds is 3. The fraction of sp³-hybridized carbons (Fsp3) is 0.125. The maximum absolute atomic E-state index is 11.3. The van der Waals surface area contributed by atoms with Crippen LogP contribution in [0.25, 0.3) is 0 Å². The van der Waals surface area contributed by atoms with Crippen molar-refractivity contribution < 1.29 is 9.59 Å². The SMILES string of the molecule is O=CCNC(=O)c1ncc(Br)cc1Cl. The van der Waals surface area contributed by atoms with Crippen LogP contribution in [-0.2, 0) is 4.79 Å². The van der Waals surface area contributed by atoms with Crippen LogP contribution in [0.1, 0.15) is 10.5 Å². The van der Waals surface area contributed by atoms with Crippen LogP contribution in [0.15, 0.2) is 16.7 Å². The molecular weight excluding hydrogens is 271 g/mol. The van der Waals surface area contributed by atoms with Gasteiger partial charge in [0.15, 0.2) is 0 Å². The smallest absolute Gasteiger partial charge is 0.271 e. The lowest BCUT2D eigenvalue weighted by atomic mass is 10.3. The molecule has 0 atom stereocenters. The van der Waals surface area contributed by atoms with E-state index in [9.17, 15) is 9.59 Å². The Morgan fingerprint density at radius 1 is 1.71 bits per heavy atom. The van der Waals surface area contributed by atoms with Crippen LogP contribution in [0.5, 0.6) is 0 Å². The Bertz CT molecular complexity index is 370. The van der Waals surface area contributed by atoms with Crippen molar-refractivity contribution in [3.05, 3.63) is 27.5 Å². The van der Waals surface area contributed by atoms with Gasteiger partial charge in [-0.15, -0.1) is 0 Å². The van der Waals surface area contributed by atoms with Crippen LogP contribution in [0, 0.1) is 0 Å². The van der Waals surface area contributed by atoms with Crippen LogP contribution >= 0.6 is 27.5 Å². The van der Waals surface area contributed by atoms with Gasteiger partial charge >= 0.3 is 0 Å². The summed E-state index contributed by atoms with van der Waals surface area (Å²) >= 11 is 8.92. The second-order valence-corrected chi connectivity index (χ2v) is 3.68. The van der Waals surface area contributed by atoms with Gasteiger partial charge in [-0.1, -0.05) is 11.6 Å². The summed E-state index contributed by atoms with van der Waals surface area (Å²) in [4.78, 5) is 25.1. The lowest BCUT2D eigenvalue weighted by molar-refractivity contribution is -0.107. The standard InChI is InChI=1S/C8H6BrClN2O2/c9-5-3-6(10)7(12-4-5)8(14)11-1-2-13/h2-4H,1H2,(H,11,14). The molecule has 0 saturated heterocycles. The molecule has 6 heteroatoms. The lowest BCUT2D eigenvalue weighted by Gasteiger charge is -2.02. The number of aldehydes is 1. The summed E-state index contributed by atoms with van der Waals surface area (Å²) < 4.78 is 0.689. The molecule has 0 fully saturated rings. The number of nitrogens with one attached hydrogen (secondary N) is 1. The third kappa shape index (κ3) is 2.78. The second kappa shape index (κ2) is 5.07. The van der Waals surface area contributed by atoms with Crippen molar-refractivity contribution >= 4 is 39.7 Å². The van der Waals surface area contributed by atoms with Gasteiger partial charge in [0.1, 0.15) is 12.0 Å². The highest BCUT2D eigenvalue weighted by atomic mass is 79.9. The molecule has 74 valence electrons. The number of carbonyl (C=O) groups is 2. The first-order valence-electron chi connectivity index (χ1n) is 3.68. The summed E-state index contributed by atoms with van der Waals surface area (Å²) in [5.41, 5.74) is 0.108.